The molecule has 1 aromatic rings. The minimum absolute atomic E-state index is 0.0836. The van der Waals surface area contributed by atoms with Crippen molar-refractivity contribution in [2.75, 3.05) is 6.26 Å². The lowest BCUT2D eigenvalue weighted by atomic mass is 9.95. The van der Waals surface area contributed by atoms with E-state index in [1.807, 2.05) is 0 Å². The molecule has 1 rings (SSSR count). The Balaban J connectivity index is 3.92. The van der Waals surface area contributed by atoms with E-state index in [0.29, 0.717) is 12.0 Å². The zero-order chi connectivity index (χ0) is 16.6. The maximum atomic E-state index is 11.9. The number of halogens is 1. The molecule has 0 atom stereocenters. The van der Waals surface area contributed by atoms with Crippen molar-refractivity contribution in [1.82, 2.24) is 0 Å². The first-order chi connectivity index (χ1) is 9.42. The topological polar surface area (TPSA) is 85.3 Å². The average molecular weight is 353 g/mol. The third kappa shape index (κ3) is 3.64. The van der Waals surface area contributed by atoms with Gasteiger partial charge in [-0.05, 0) is 49.1 Å². The highest BCUT2D eigenvalue weighted by atomic mass is 35.5. The van der Waals surface area contributed by atoms with Crippen LogP contribution in [0.3, 0.4) is 0 Å². The fraction of sp³-hybridized carbons (Fsp3) is 0.462. The molecule has 0 spiro atoms. The molecule has 0 aliphatic heterocycles. The molecule has 0 amide bonds. The van der Waals surface area contributed by atoms with E-state index in [9.17, 15) is 21.6 Å². The molecule has 0 unspecified atom stereocenters. The molecule has 118 valence electrons. The Morgan fingerprint density at radius 2 is 1.81 bits per heavy atom. The van der Waals surface area contributed by atoms with Crippen molar-refractivity contribution in [2.24, 2.45) is 0 Å². The molecule has 8 heteroatoms. The van der Waals surface area contributed by atoms with Gasteiger partial charge in [0.25, 0.3) is 5.24 Å². The van der Waals surface area contributed by atoms with E-state index in [-0.39, 0.29) is 16.0 Å². The summed E-state index contributed by atoms with van der Waals surface area (Å²) in [5.41, 5.74) is 0.752. The number of sulfone groups is 1. The Labute approximate surface area is 131 Å². The number of hydrogen-bond donors (Lipinski definition) is 1. The Bertz CT molecular complexity index is 753. The van der Waals surface area contributed by atoms with Crippen LogP contribution in [-0.2, 0) is 31.7 Å². The number of rotatable bonds is 5. The highest BCUT2D eigenvalue weighted by molar-refractivity contribution is 7.90. The molecule has 0 radical (unpaired) electrons. The molecule has 0 bridgehead atoms. The summed E-state index contributed by atoms with van der Waals surface area (Å²) in [7, 11) is -6.62. The van der Waals surface area contributed by atoms with Crippen LogP contribution in [0.1, 0.15) is 42.3 Å². The van der Waals surface area contributed by atoms with Crippen LogP contribution in [0.4, 0.5) is 0 Å². The molecule has 0 aliphatic carbocycles. The summed E-state index contributed by atoms with van der Waals surface area (Å²) in [5.74, 6) is 0. The highest BCUT2D eigenvalue weighted by Gasteiger charge is 2.32. The van der Waals surface area contributed by atoms with Gasteiger partial charge in [0, 0.05) is 11.8 Å². The quantitative estimate of drug-likeness (QED) is 0.646. The molecule has 0 heterocycles. The monoisotopic (exact) mass is 352 g/mol. The minimum Gasteiger partial charge on any atom is -0.276 e. The maximum absolute atomic E-state index is 11.9. The first-order valence-electron chi connectivity index (χ1n) is 6.14. The van der Waals surface area contributed by atoms with E-state index < -0.39 is 30.5 Å². The number of hydrogen-bond acceptors (Lipinski definition) is 5. The van der Waals surface area contributed by atoms with Gasteiger partial charge in [0.1, 0.15) is 10.7 Å². The summed E-state index contributed by atoms with van der Waals surface area (Å²) < 4.78 is 45.5. The van der Waals surface area contributed by atoms with Gasteiger partial charge in [0.2, 0.25) is 0 Å². The lowest BCUT2D eigenvalue weighted by Gasteiger charge is -2.22. The lowest BCUT2D eigenvalue weighted by Crippen LogP contribution is -2.23. The van der Waals surface area contributed by atoms with Crippen LogP contribution >= 0.6 is 11.6 Å². The van der Waals surface area contributed by atoms with Gasteiger partial charge in [-0.3, -0.25) is 4.79 Å². The lowest BCUT2D eigenvalue weighted by molar-refractivity contribution is 0.108. The number of carbonyl (C=O) groups is 1. The van der Waals surface area contributed by atoms with Crippen LogP contribution in [0.5, 0.6) is 0 Å². The first kappa shape index (κ1) is 18.1. The van der Waals surface area contributed by atoms with Crippen molar-refractivity contribution in [2.45, 2.75) is 36.8 Å². The van der Waals surface area contributed by atoms with Crippen molar-refractivity contribution >= 4 is 37.4 Å². The van der Waals surface area contributed by atoms with Gasteiger partial charge in [0.15, 0.2) is 9.84 Å². The Morgan fingerprint density at radius 1 is 1.29 bits per heavy atom. The molecule has 21 heavy (non-hydrogen) atoms. The van der Waals surface area contributed by atoms with Crippen molar-refractivity contribution in [1.29, 1.82) is 0 Å². The molecule has 5 nitrogen and oxygen atoms in total. The van der Waals surface area contributed by atoms with Crippen molar-refractivity contribution in [3.63, 3.8) is 0 Å². The van der Waals surface area contributed by atoms with E-state index in [1.165, 1.54) is 26.0 Å². The number of thiol groups is 1. The van der Waals surface area contributed by atoms with E-state index in [0.717, 1.165) is 6.26 Å². The van der Waals surface area contributed by atoms with Crippen molar-refractivity contribution in [3.8, 4) is 0 Å². The SMILES string of the molecule is CCc1cc(C(C)(C)[SH](=O)=O)c(S(C)(=O)=O)cc1C(=O)Cl. The standard InChI is InChI=1S/C13H17ClO5S2/c1-5-8-6-10(13(2,3)20(16)17)11(21(4,18)19)7-9(8)12(14)15/h6-7,20H,5H2,1-4H3. The summed E-state index contributed by atoms with van der Waals surface area (Å²) in [4.78, 5) is 11.3. The summed E-state index contributed by atoms with van der Waals surface area (Å²) >= 11 is 5.49. The third-order valence-corrected chi connectivity index (χ3v) is 5.81. The van der Waals surface area contributed by atoms with Crippen LogP contribution in [0.25, 0.3) is 0 Å². The van der Waals surface area contributed by atoms with Crippen LogP contribution in [0.2, 0.25) is 0 Å². The number of aryl methyl sites for hydroxylation is 1. The van der Waals surface area contributed by atoms with E-state index in [2.05, 4.69) is 0 Å². The minimum atomic E-state index is -3.71. The van der Waals surface area contributed by atoms with Crippen LogP contribution in [0.15, 0.2) is 17.0 Å². The first-order valence-corrected chi connectivity index (χ1v) is 9.59. The van der Waals surface area contributed by atoms with Gasteiger partial charge in [-0.15, -0.1) is 0 Å². The number of carbonyl (C=O) groups excluding carboxylic acids is 1. The fourth-order valence-electron chi connectivity index (χ4n) is 1.98. The van der Waals surface area contributed by atoms with E-state index in [4.69, 9.17) is 11.6 Å². The van der Waals surface area contributed by atoms with Crippen molar-refractivity contribution in [3.05, 3.63) is 28.8 Å². The molecular weight excluding hydrogens is 336 g/mol. The summed E-state index contributed by atoms with van der Waals surface area (Å²) in [6.45, 7) is 4.61. The average Bonchev–Trinajstić information content (AvgIpc) is 2.35. The molecule has 0 N–H and O–H groups in total. The molecule has 1 aromatic carbocycles. The zero-order valence-electron chi connectivity index (χ0n) is 12.1. The van der Waals surface area contributed by atoms with Gasteiger partial charge in [0.05, 0.1) is 9.64 Å². The molecule has 0 aromatic heterocycles. The van der Waals surface area contributed by atoms with Gasteiger partial charge in [-0.2, -0.15) is 0 Å². The Hall–Kier alpha value is -0.920. The molecule has 0 fully saturated rings. The molecular formula is C13H17ClO5S2. The smallest absolute Gasteiger partial charge is 0.252 e. The summed E-state index contributed by atoms with van der Waals surface area (Å²) in [6.07, 6.45) is 1.39. The number of benzene rings is 1. The highest BCUT2D eigenvalue weighted by Crippen LogP contribution is 2.33. The summed E-state index contributed by atoms with van der Waals surface area (Å²) in [5, 5.41) is -0.771. The largest absolute Gasteiger partial charge is 0.276 e. The van der Waals surface area contributed by atoms with Crippen LogP contribution in [0, 0.1) is 0 Å². The van der Waals surface area contributed by atoms with E-state index in [1.54, 1.807) is 6.92 Å². The van der Waals surface area contributed by atoms with Crippen LogP contribution < -0.4 is 0 Å². The zero-order valence-corrected chi connectivity index (χ0v) is 14.6. The normalized spacial score (nSPS) is 12.7. The van der Waals surface area contributed by atoms with E-state index >= 15 is 0 Å². The fourth-order valence-corrected chi connectivity index (χ4v) is 3.66. The van der Waals surface area contributed by atoms with Crippen molar-refractivity contribution < 1.29 is 21.6 Å². The Kier molecular flexibility index (Phi) is 5.23. The Morgan fingerprint density at radius 3 is 2.14 bits per heavy atom. The van der Waals surface area contributed by atoms with Gasteiger partial charge in [-0.1, -0.05) is 13.0 Å². The third-order valence-electron chi connectivity index (χ3n) is 3.31. The molecule has 0 aliphatic rings. The maximum Gasteiger partial charge on any atom is 0.252 e. The predicted molar refractivity (Wildman–Crippen MR) is 82.5 cm³/mol. The summed E-state index contributed by atoms with van der Waals surface area (Å²) in [6, 6.07) is 2.61. The molecule has 0 saturated heterocycles. The predicted octanol–water partition coefficient (Wildman–Crippen LogP) is 1.88. The second-order valence-corrected chi connectivity index (χ2v) is 9.18. The molecule has 0 saturated carbocycles. The second kappa shape index (κ2) is 6.06. The van der Waals surface area contributed by atoms with Gasteiger partial charge < -0.3 is 0 Å². The van der Waals surface area contributed by atoms with Gasteiger partial charge >= 0.3 is 0 Å². The second-order valence-electron chi connectivity index (χ2n) is 5.22. The van der Waals surface area contributed by atoms with Gasteiger partial charge in [-0.25, -0.2) is 16.8 Å². The van der Waals surface area contributed by atoms with Crippen LogP contribution in [-0.4, -0.2) is 28.3 Å².